The monoisotopic (exact) mass is 954 g/mol. The Labute approximate surface area is 413 Å². The molecule has 67 heavy (non-hydrogen) atoms. The second kappa shape index (κ2) is 47.7. The molecule has 0 radical (unpaired) electrons. The number of carbonyl (C=O) groups excluding carboxylic acids is 3. The number of aliphatic hydroxyl groups excluding tert-OH is 1. The van der Waals surface area contributed by atoms with E-state index in [1.165, 1.54) is 173 Å². The van der Waals surface area contributed by atoms with Gasteiger partial charge in [0.1, 0.15) is 12.1 Å². The van der Waals surface area contributed by atoms with Crippen LogP contribution in [-0.2, 0) is 28.5 Å². The number of alkyl carbamates (subject to hydrolysis) is 1. The van der Waals surface area contributed by atoms with Crippen molar-refractivity contribution in [2.24, 2.45) is 0 Å². The van der Waals surface area contributed by atoms with Crippen molar-refractivity contribution in [3.8, 4) is 0 Å². The van der Waals surface area contributed by atoms with Crippen LogP contribution >= 0.6 is 0 Å². The van der Waals surface area contributed by atoms with Gasteiger partial charge < -0.3 is 40.0 Å². The second-order valence-electron chi connectivity index (χ2n) is 20.6. The standard InChI is InChI=1S/C56H111N3O8/c1-8-10-12-14-16-18-20-22-24-26-28-30-32-34-36-38-40-51(39-37-35-33-31-29-27-25-23-21-19-17-15-13-11-9-2)67-55(63)59-52(41-42-53(61)57-43-45-64-50(5)47-60)54(62)58-44-46-66-56(6,7)48-65-49(3)4/h49-52,60H,8-48H2,1-7H3,(H,57,61)(H,58,62)(H,59,63)/t50?,51?,52-/m1/s1. The van der Waals surface area contributed by atoms with Crippen LogP contribution in [0.3, 0.4) is 0 Å². The Morgan fingerprint density at radius 1 is 0.522 bits per heavy atom. The molecule has 398 valence electrons. The maximum absolute atomic E-state index is 13.5. The molecule has 0 heterocycles. The molecule has 0 spiro atoms. The molecule has 0 bridgehead atoms. The number of rotatable bonds is 51. The molecule has 11 heteroatoms. The van der Waals surface area contributed by atoms with E-state index >= 15 is 0 Å². The predicted molar refractivity (Wildman–Crippen MR) is 280 cm³/mol. The topological polar surface area (TPSA) is 144 Å². The van der Waals surface area contributed by atoms with Crippen LogP contribution in [0.1, 0.15) is 273 Å². The van der Waals surface area contributed by atoms with Gasteiger partial charge in [-0.25, -0.2) is 4.79 Å². The fourth-order valence-electron chi connectivity index (χ4n) is 8.42. The molecule has 0 fully saturated rings. The summed E-state index contributed by atoms with van der Waals surface area (Å²) in [5, 5.41) is 17.7. The zero-order valence-corrected chi connectivity index (χ0v) is 45.1. The van der Waals surface area contributed by atoms with Gasteiger partial charge in [0.15, 0.2) is 0 Å². The molecule has 0 aliphatic heterocycles. The fraction of sp³-hybridized carbons (Fsp3) is 0.946. The van der Waals surface area contributed by atoms with Crippen LogP contribution < -0.4 is 16.0 Å². The van der Waals surface area contributed by atoms with Crippen LogP contribution in [0.5, 0.6) is 0 Å². The summed E-state index contributed by atoms with van der Waals surface area (Å²) in [5.41, 5.74) is -0.526. The van der Waals surface area contributed by atoms with Gasteiger partial charge >= 0.3 is 6.09 Å². The van der Waals surface area contributed by atoms with E-state index in [0.717, 1.165) is 38.5 Å². The van der Waals surface area contributed by atoms with Gasteiger partial charge in [-0.15, -0.1) is 0 Å². The Bertz CT molecular complexity index is 1110. The molecule has 4 N–H and O–H groups in total. The van der Waals surface area contributed by atoms with Crippen molar-refractivity contribution in [1.29, 1.82) is 0 Å². The Hall–Kier alpha value is -1.95. The van der Waals surface area contributed by atoms with Crippen molar-refractivity contribution < 1.29 is 38.4 Å². The first-order valence-corrected chi connectivity index (χ1v) is 28.4. The first kappa shape index (κ1) is 65.0. The molecular formula is C56H111N3O8. The zero-order chi connectivity index (χ0) is 49.5. The van der Waals surface area contributed by atoms with E-state index < -0.39 is 17.7 Å². The van der Waals surface area contributed by atoms with E-state index in [2.05, 4.69) is 29.8 Å². The minimum Gasteiger partial charge on any atom is -0.446 e. The molecule has 0 aromatic rings. The summed E-state index contributed by atoms with van der Waals surface area (Å²) >= 11 is 0. The Morgan fingerprint density at radius 2 is 0.925 bits per heavy atom. The lowest BCUT2D eigenvalue weighted by molar-refractivity contribution is -0.125. The highest BCUT2D eigenvalue weighted by atomic mass is 16.6. The lowest BCUT2D eigenvalue weighted by Crippen LogP contribution is -2.49. The average Bonchev–Trinajstić information content (AvgIpc) is 3.30. The van der Waals surface area contributed by atoms with Crippen molar-refractivity contribution in [2.75, 3.05) is 39.5 Å². The largest absolute Gasteiger partial charge is 0.446 e. The lowest BCUT2D eigenvalue weighted by Gasteiger charge is -2.26. The number of amides is 3. The zero-order valence-electron chi connectivity index (χ0n) is 45.1. The van der Waals surface area contributed by atoms with Gasteiger partial charge in [-0.2, -0.15) is 0 Å². The van der Waals surface area contributed by atoms with Crippen LogP contribution in [0.2, 0.25) is 0 Å². The smallest absolute Gasteiger partial charge is 0.408 e. The molecule has 0 rings (SSSR count). The van der Waals surface area contributed by atoms with E-state index in [0.29, 0.717) is 6.61 Å². The fourth-order valence-corrected chi connectivity index (χ4v) is 8.42. The minimum atomic E-state index is -0.955. The van der Waals surface area contributed by atoms with Gasteiger partial charge in [0.2, 0.25) is 11.8 Å². The molecule has 0 aromatic heterocycles. The van der Waals surface area contributed by atoms with Crippen molar-refractivity contribution in [2.45, 2.75) is 303 Å². The molecule has 3 atom stereocenters. The molecule has 0 aliphatic rings. The Morgan fingerprint density at radius 3 is 1.33 bits per heavy atom. The van der Waals surface area contributed by atoms with E-state index in [1.54, 1.807) is 6.92 Å². The van der Waals surface area contributed by atoms with Crippen molar-refractivity contribution in [1.82, 2.24) is 16.0 Å². The van der Waals surface area contributed by atoms with Gasteiger partial charge in [-0.3, -0.25) is 9.59 Å². The van der Waals surface area contributed by atoms with E-state index in [4.69, 9.17) is 18.9 Å². The summed E-state index contributed by atoms with van der Waals surface area (Å²) in [5.74, 6) is -0.639. The summed E-state index contributed by atoms with van der Waals surface area (Å²) < 4.78 is 23.3. The SMILES string of the molecule is CCCCCCCCCCCCCCCCCCC(CCCCCCCCCCCCCCCCC)OC(=O)N[C@H](CCC(=O)NCCOC(C)CO)C(=O)NCCOC(C)(C)COC(C)C. The number of unbranched alkanes of at least 4 members (excludes halogenated alkanes) is 29. The first-order valence-electron chi connectivity index (χ1n) is 28.4. The molecular weight excluding hydrogens is 843 g/mol. The maximum atomic E-state index is 13.5. The maximum Gasteiger partial charge on any atom is 0.408 e. The summed E-state index contributed by atoms with van der Waals surface area (Å²) in [6, 6.07) is -0.955. The highest BCUT2D eigenvalue weighted by molar-refractivity contribution is 5.86. The summed E-state index contributed by atoms with van der Waals surface area (Å²) in [4.78, 5) is 39.8. The molecule has 11 nitrogen and oxygen atoms in total. The lowest BCUT2D eigenvalue weighted by atomic mass is 10.0. The molecule has 2 unspecified atom stereocenters. The molecule has 0 saturated carbocycles. The van der Waals surface area contributed by atoms with Gasteiger partial charge in [-0.05, 0) is 66.7 Å². The number of nitrogens with one attached hydrogen (secondary N) is 3. The van der Waals surface area contributed by atoms with Gasteiger partial charge in [0.05, 0.1) is 44.2 Å². The predicted octanol–water partition coefficient (Wildman–Crippen LogP) is 14.0. The van der Waals surface area contributed by atoms with Gasteiger partial charge in [-0.1, -0.05) is 200 Å². The Balaban J connectivity index is 5.13. The van der Waals surface area contributed by atoms with Crippen LogP contribution in [0.4, 0.5) is 4.79 Å². The molecule has 0 saturated heterocycles. The van der Waals surface area contributed by atoms with Crippen molar-refractivity contribution >= 4 is 17.9 Å². The highest BCUT2D eigenvalue weighted by Crippen LogP contribution is 2.20. The number of hydrogen-bond acceptors (Lipinski definition) is 8. The Kier molecular flexibility index (Phi) is 46.3. The summed E-state index contributed by atoms with van der Waals surface area (Å²) in [6.07, 6.45) is 41.4. The molecule has 0 aromatic carbocycles. The number of hydrogen-bond donors (Lipinski definition) is 4. The van der Waals surface area contributed by atoms with Crippen LogP contribution in [-0.4, -0.2) is 92.5 Å². The average molecular weight is 955 g/mol. The van der Waals surface area contributed by atoms with Crippen molar-refractivity contribution in [3.63, 3.8) is 0 Å². The molecule has 0 aliphatic carbocycles. The normalized spacial score (nSPS) is 13.1. The third kappa shape index (κ3) is 46.2. The number of aliphatic hydroxyl groups is 1. The quantitative estimate of drug-likeness (QED) is 0.0441. The highest BCUT2D eigenvalue weighted by Gasteiger charge is 2.25. The van der Waals surface area contributed by atoms with Crippen LogP contribution in [0.15, 0.2) is 0 Å². The third-order valence-corrected chi connectivity index (χ3v) is 12.8. The second-order valence-corrected chi connectivity index (χ2v) is 20.6. The summed E-state index contributed by atoms with van der Waals surface area (Å²) in [7, 11) is 0. The van der Waals surface area contributed by atoms with Crippen LogP contribution in [0.25, 0.3) is 0 Å². The number of carbonyl (C=O) groups is 3. The van der Waals surface area contributed by atoms with E-state index in [1.807, 2.05) is 27.7 Å². The summed E-state index contributed by atoms with van der Waals surface area (Å²) in [6.45, 7) is 15.5. The third-order valence-electron chi connectivity index (χ3n) is 12.8. The van der Waals surface area contributed by atoms with Gasteiger partial charge in [0.25, 0.3) is 0 Å². The first-order chi connectivity index (χ1) is 32.4. The van der Waals surface area contributed by atoms with E-state index in [9.17, 15) is 19.5 Å². The molecule has 3 amide bonds. The number of ether oxygens (including phenoxy) is 4. The minimum absolute atomic E-state index is 0.0335. The van der Waals surface area contributed by atoms with Crippen LogP contribution in [0, 0.1) is 0 Å². The van der Waals surface area contributed by atoms with Gasteiger partial charge in [0, 0.05) is 19.5 Å². The van der Waals surface area contributed by atoms with Crippen molar-refractivity contribution in [3.05, 3.63) is 0 Å². The van der Waals surface area contributed by atoms with E-state index in [-0.39, 0.29) is 75.9 Å².